The first-order chi connectivity index (χ1) is 22.7. The molecule has 0 aliphatic rings. The number of benzene rings is 2. The molecule has 0 radical (unpaired) electrons. The highest BCUT2D eigenvalue weighted by molar-refractivity contribution is 6.06. The van der Waals surface area contributed by atoms with Crippen molar-refractivity contribution in [2.75, 3.05) is 59.3 Å². The fourth-order valence-corrected chi connectivity index (χ4v) is 5.65. The monoisotopic (exact) mass is 648 g/mol. The minimum Gasteiger partial charge on any atom is -0.493 e. The molecule has 2 aromatic carbocycles. The number of carbonyl (C=O) groups excluding carboxylic acids is 2. The van der Waals surface area contributed by atoms with Crippen LogP contribution in [0.2, 0.25) is 0 Å². The van der Waals surface area contributed by atoms with E-state index in [0.29, 0.717) is 68.5 Å². The van der Waals surface area contributed by atoms with Crippen LogP contribution >= 0.6 is 0 Å². The summed E-state index contributed by atoms with van der Waals surface area (Å²) in [4.78, 5) is 39.4. The van der Waals surface area contributed by atoms with Crippen LogP contribution in [0.15, 0.2) is 42.5 Å². The molecule has 0 spiro atoms. The lowest BCUT2D eigenvalue weighted by Gasteiger charge is -2.27. The molecule has 4 rings (SSSR count). The van der Waals surface area contributed by atoms with Crippen LogP contribution in [0.3, 0.4) is 0 Å². The number of nitrogens with zero attached hydrogens (tertiary/aromatic N) is 5. The van der Waals surface area contributed by atoms with E-state index in [1.807, 2.05) is 55.1 Å². The van der Waals surface area contributed by atoms with Crippen molar-refractivity contribution in [3.05, 3.63) is 53.9 Å². The van der Waals surface area contributed by atoms with Crippen LogP contribution in [-0.4, -0.2) is 95.9 Å². The third kappa shape index (κ3) is 8.89. The summed E-state index contributed by atoms with van der Waals surface area (Å²) in [6.45, 7) is 11.2. The van der Waals surface area contributed by atoms with Gasteiger partial charge in [0.15, 0.2) is 23.9 Å². The Labute approximate surface area is 276 Å². The number of rotatable bonds is 18. The number of aromatic nitrogens is 3. The summed E-state index contributed by atoms with van der Waals surface area (Å²) in [5, 5.41) is 0.973. The van der Waals surface area contributed by atoms with Crippen LogP contribution in [0.1, 0.15) is 45.5 Å². The number of nitrogens with two attached hydrogens (primary N) is 1. The van der Waals surface area contributed by atoms with E-state index in [2.05, 4.69) is 14.5 Å². The molecule has 2 heterocycles. The third-order valence-electron chi connectivity index (χ3n) is 7.97. The smallest absolute Gasteiger partial charge is 0.344 e. The van der Waals surface area contributed by atoms with Crippen LogP contribution in [0, 0.1) is 0 Å². The Morgan fingerprint density at radius 3 is 2.49 bits per heavy atom. The molecule has 12 heteroatoms. The van der Waals surface area contributed by atoms with Gasteiger partial charge in [-0.3, -0.25) is 9.69 Å². The molecule has 0 aliphatic heterocycles. The van der Waals surface area contributed by atoms with Gasteiger partial charge in [-0.2, -0.15) is 0 Å². The van der Waals surface area contributed by atoms with Crippen LogP contribution in [-0.2, 0) is 38.6 Å². The van der Waals surface area contributed by atoms with Crippen molar-refractivity contribution in [1.82, 2.24) is 24.3 Å². The SMILES string of the molecule is CCN(CC)CC(=O)N(CCCn1c(CCOC)nc2c(N)nc3ccccc3c21)Cc1cccc(OCC(=O)OC(C)C)c1OC. The number of anilines is 1. The zero-order valence-electron chi connectivity index (χ0n) is 28.5. The molecule has 254 valence electrons. The zero-order chi connectivity index (χ0) is 33.9. The van der Waals surface area contributed by atoms with Gasteiger partial charge < -0.3 is 34.1 Å². The minimum atomic E-state index is -0.467. The van der Waals surface area contributed by atoms with Gasteiger partial charge in [0.25, 0.3) is 0 Å². The fourth-order valence-electron chi connectivity index (χ4n) is 5.65. The maximum atomic E-state index is 13.8. The average Bonchev–Trinajstić information content (AvgIpc) is 3.43. The molecule has 2 aromatic heterocycles. The van der Waals surface area contributed by atoms with Crippen LogP contribution in [0.25, 0.3) is 21.9 Å². The zero-order valence-corrected chi connectivity index (χ0v) is 28.5. The molecule has 0 saturated carbocycles. The summed E-state index contributed by atoms with van der Waals surface area (Å²) in [6, 6.07) is 13.4. The van der Waals surface area contributed by atoms with Gasteiger partial charge in [-0.25, -0.2) is 14.8 Å². The first-order valence-corrected chi connectivity index (χ1v) is 16.2. The van der Waals surface area contributed by atoms with Crippen LogP contribution in [0.5, 0.6) is 11.5 Å². The van der Waals surface area contributed by atoms with Gasteiger partial charge in [-0.05, 0) is 45.5 Å². The van der Waals surface area contributed by atoms with E-state index in [9.17, 15) is 9.59 Å². The number of fused-ring (bicyclic) bond motifs is 3. The number of methoxy groups -OCH3 is 2. The normalized spacial score (nSPS) is 11.5. The fraction of sp³-hybridized carbons (Fsp3) is 0.486. The minimum absolute atomic E-state index is 0.0107. The highest BCUT2D eigenvalue weighted by Crippen LogP contribution is 2.33. The molecule has 47 heavy (non-hydrogen) atoms. The lowest BCUT2D eigenvalue weighted by atomic mass is 10.1. The number of hydrogen-bond acceptors (Lipinski definition) is 10. The van der Waals surface area contributed by atoms with Gasteiger partial charge in [0.2, 0.25) is 5.91 Å². The number of para-hydroxylation sites is 2. The number of pyridine rings is 1. The molecular formula is C35H48N6O6. The van der Waals surface area contributed by atoms with Gasteiger partial charge in [-0.15, -0.1) is 0 Å². The average molecular weight is 649 g/mol. The van der Waals surface area contributed by atoms with E-state index < -0.39 is 5.97 Å². The van der Waals surface area contributed by atoms with Crippen molar-refractivity contribution in [1.29, 1.82) is 0 Å². The quantitative estimate of drug-likeness (QED) is 0.154. The van der Waals surface area contributed by atoms with Crippen LogP contribution in [0.4, 0.5) is 5.82 Å². The molecule has 0 saturated heterocycles. The standard InChI is InChI=1S/C35H48N6O6/c1-7-39(8-2)22-30(42)40(21-25-13-11-16-28(34(25)45-6)46-23-31(43)47-24(3)4)18-12-19-41-29(17-20-44-5)38-32-33(41)26-14-9-10-15-27(26)37-35(32)36/h9-11,13-16,24H,7-8,12,17-23H2,1-6H3,(H2,36,37). The lowest BCUT2D eigenvalue weighted by Crippen LogP contribution is -2.40. The molecule has 0 bridgehead atoms. The maximum Gasteiger partial charge on any atom is 0.344 e. The summed E-state index contributed by atoms with van der Waals surface area (Å²) in [5.74, 6) is 1.67. The van der Waals surface area contributed by atoms with Gasteiger partial charge in [0, 0.05) is 44.1 Å². The van der Waals surface area contributed by atoms with Crippen molar-refractivity contribution in [2.45, 2.75) is 59.7 Å². The molecule has 0 atom stereocenters. The largest absolute Gasteiger partial charge is 0.493 e. The number of esters is 1. The summed E-state index contributed by atoms with van der Waals surface area (Å²) < 4.78 is 24.3. The first kappa shape index (κ1) is 35.4. The first-order valence-electron chi connectivity index (χ1n) is 16.2. The maximum absolute atomic E-state index is 13.8. The summed E-state index contributed by atoms with van der Waals surface area (Å²) in [6.07, 6.45) is 1.03. The second-order valence-electron chi connectivity index (χ2n) is 11.5. The molecule has 12 nitrogen and oxygen atoms in total. The van der Waals surface area contributed by atoms with E-state index in [1.54, 1.807) is 34.1 Å². The van der Waals surface area contributed by atoms with Gasteiger partial charge in [-0.1, -0.05) is 44.2 Å². The number of nitrogen functional groups attached to an aromatic ring is 1. The Bertz CT molecular complexity index is 1650. The molecule has 0 fully saturated rings. The third-order valence-corrected chi connectivity index (χ3v) is 7.97. The summed E-state index contributed by atoms with van der Waals surface area (Å²) in [7, 11) is 3.22. The van der Waals surface area contributed by atoms with Gasteiger partial charge >= 0.3 is 5.97 Å². The van der Waals surface area contributed by atoms with Gasteiger partial charge in [0.05, 0.1) is 37.4 Å². The highest BCUT2D eigenvalue weighted by Gasteiger charge is 2.22. The molecule has 1 amide bonds. The predicted molar refractivity (Wildman–Crippen MR) is 183 cm³/mol. The highest BCUT2D eigenvalue weighted by atomic mass is 16.6. The number of aryl methyl sites for hydroxylation is 1. The van der Waals surface area contributed by atoms with E-state index in [4.69, 9.17) is 29.7 Å². The van der Waals surface area contributed by atoms with Crippen LogP contribution < -0.4 is 15.2 Å². The number of imidazole rings is 1. The van der Waals surface area contributed by atoms with E-state index in [0.717, 1.165) is 40.9 Å². The molecule has 0 unspecified atom stereocenters. The van der Waals surface area contributed by atoms with Crippen molar-refractivity contribution < 1.29 is 28.5 Å². The van der Waals surface area contributed by atoms with E-state index >= 15 is 0 Å². The number of amides is 1. The molecule has 4 aromatic rings. The number of hydrogen-bond donors (Lipinski definition) is 1. The second kappa shape index (κ2) is 16.9. The van der Waals surface area contributed by atoms with Gasteiger partial charge in [0.1, 0.15) is 11.3 Å². The molecule has 0 aliphatic carbocycles. The summed E-state index contributed by atoms with van der Waals surface area (Å²) in [5.41, 5.74) is 9.56. The van der Waals surface area contributed by atoms with Crippen molar-refractivity contribution in [3.63, 3.8) is 0 Å². The van der Waals surface area contributed by atoms with Crippen molar-refractivity contribution in [2.24, 2.45) is 0 Å². The Hall–Kier alpha value is -4.42. The summed E-state index contributed by atoms with van der Waals surface area (Å²) >= 11 is 0. The Balaban J connectivity index is 1.62. The molecule has 2 N–H and O–H groups in total. The Kier molecular flexibility index (Phi) is 12.8. The predicted octanol–water partition coefficient (Wildman–Crippen LogP) is 4.46. The Morgan fingerprint density at radius 1 is 1.02 bits per heavy atom. The molecular weight excluding hydrogens is 600 g/mol. The number of ether oxygens (including phenoxy) is 4. The Morgan fingerprint density at radius 2 is 1.79 bits per heavy atom. The number of carbonyl (C=O) groups is 2. The van der Waals surface area contributed by atoms with E-state index in [-0.39, 0.29) is 18.6 Å². The van der Waals surface area contributed by atoms with E-state index in [1.165, 1.54) is 0 Å². The number of likely N-dealkylation sites (N-methyl/N-ethyl adjacent to an activating group) is 1. The second-order valence-corrected chi connectivity index (χ2v) is 11.5. The lowest BCUT2D eigenvalue weighted by molar-refractivity contribution is -0.149. The van der Waals surface area contributed by atoms with Crippen molar-refractivity contribution in [3.8, 4) is 11.5 Å². The van der Waals surface area contributed by atoms with Crippen molar-refractivity contribution >= 4 is 39.6 Å². The topological polar surface area (TPSA) is 134 Å².